The van der Waals surface area contributed by atoms with Crippen LogP contribution in [-0.4, -0.2) is 48.9 Å². The van der Waals surface area contributed by atoms with Gasteiger partial charge in [-0.3, -0.25) is 4.79 Å². The summed E-state index contributed by atoms with van der Waals surface area (Å²) in [5.74, 6) is 1.58. The maximum absolute atomic E-state index is 12.2. The Morgan fingerprint density at radius 2 is 2.10 bits per heavy atom. The van der Waals surface area contributed by atoms with E-state index >= 15 is 0 Å². The molecule has 1 fully saturated rings. The van der Waals surface area contributed by atoms with E-state index < -0.39 is 0 Å². The molecule has 1 aromatic rings. The number of carbonyl (C=O) groups excluding carboxylic acids is 1. The van der Waals surface area contributed by atoms with Crippen LogP contribution in [0.3, 0.4) is 0 Å². The molecule has 21 heavy (non-hydrogen) atoms. The van der Waals surface area contributed by atoms with E-state index in [0.717, 1.165) is 5.75 Å². The highest BCUT2D eigenvalue weighted by Crippen LogP contribution is 2.17. The molecule has 1 aromatic carbocycles. The first-order valence-electron chi connectivity index (χ1n) is 7.33. The van der Waals surface area contributed by atoms with E-state index in [2.05, 4.69) is 32.0 Å². The first kappa shape index (κ1) is 16.3. The molecule has 0 spiro atoms. The first-order valence-corrected chi connectivity index (χ1v) is 8.48. The van der Waals surface area contributed by atoms with Crippen LogP contribution in [0.2, 0.25) is 0 Å². The number of nitrogens with zero attached hydrogens (tertiary/aromatic N) is 1. The first-order chi connectivity index (χ1) is 10.1. The van der Waals surface area contributed by atoms with Gasteiger partial charge in [0, 0.05) is 25.4 Å². The van der Waals surface area contributed by atoms with Gasteiger partial charge in [-0.25, -0.2) is 0 Å². The molecule has 116 valence electrons. The predicted molar refractivity (Wildman–Crippen MR) is 87.5 cm³/mol. The number of aryl methyl sites for hydroxylation is 2. The molecule has 1 heterocycles. The van der Waals surface area contributed by atoms with Crippen LogP contribution in [0.15, 0.2) is 18.2 Å². The highest BCUT2D eigenvalue weighted by Gasteiger charge is 2.22. The lowest BCUT2D eigenvalue weighted by atomic mass is 10.1. The Hall–Kier alpha value is -1.04. The summed E-state index contributed by atoms with van der Waals surface area (Å²) < 4.78 is 5.48. The maximum Gasteiger partial charge on any atom is 0.232 e. The maximum atomic E-state index is 12.2. The Bertz CT molecular complexity index is 473. The lowest BCUT2D eigenvalue weighted by molar-refractivity contribution is -0.135. The van der Waals surface area contributed by atoms with Crippen molar-refractivity contribution in [2.45, 2.75) is 25.7 Å². The summed E-state index contributed by atoms with van der Waals surface area (Å²) in [5, 5.41) is 0. The molecule has 1 amide bonds. The topological polar surface area (TPSA) is 55.6 Å². The smallest absolute Gasteiger partial charge is 0.232 e. The third kappa shape index (κ3) is 5.02. The van der Waals surface area contributed by atoms with E-state index in [1.807, 2.05) is 4.90 Å². The minimum atomic E-state index is -0.00729. The van der Waals surface area contributed by atoms with Crippen LogP contribution in [0.25, 0.3) is 0 Å². The van der Waals surface area contributed by atoms with Crippen molar-refractivity contribution in [2.24, 2.45) is 5.73 Å². The average Bonchev–Trinajstić information content (AvgIpc) is 2.46. The second kappa shape index (κ2) is 7.82. The molecular formula is C16H24N2O2S. The monoisotopic (exact) mass is 308 g/mol. The van der Waals surface area contributed by atoms with Crippen LogP contribution in [0.1, 0.15) is 16.7 Å². The van der Waals surface area contributed by atoms with Crippen LogP contribution >= 0.6 is 11.8 Å². The highest BCUT2D eigenvalue weighted by atomic mass is 32.2. The molecular weight excluding hydrogens is 284 g/mol. The van der Waals surface area contributed by atoms with Gasteiger partial charge in [-0.2, -0.15) is 0 Å². The molecule has 0 aromatic heterocycles. The minimum absolute atomic E-state index is 0.00729. The standard InChI is InChI=1S/C16H24N2O2S/c1-12-5-13(2)7-14(6-12)10-21-11-16(19)18-3-4-20-15(8-17)9-18/h5-7,15H,3-4,8-11,17H2,1-2H3/t15-/m0/s1. The summed E-state index contributed by atoms with van der Waals surface area (Å²) in [4.78, 5) is 14.1. The van der Waals surface area contributed by atoms with Gasteiger partial charge in [0.25, 0.3) is 0 Å². The Morgan fingerprint density at radius 1 is 1.38 bits per heavy atom. The molecule has 0 unspecified atom stereocenters. The number of amides is 1. The number of thioether (sulfide) groups is 1. The number of ether oxygens (including phenoxy) is 1. The predicted octanol–water partition coefficient (Wildman–Crippen LogP) is 1.72. The fourth-order valence-electron chi connectivity index (χ4n) is 2.59. The number of benzene rings is 1. The van der Waals surface area contributed by atoms with Crippen LogP contribution in [0.4, 0.5) is 0 Å². The Morgan fingerprint density at radius 3 is 2.76 bits per heavy atom. The number of rotatable bonds is 5. The van der Waals surface area contributed by atoms with Gasteiger partial charge in [0.1, 0.15) is 0 Å². The average molecular weight is 308 g/mol. The second-order valence-corrected chi connectivity index (χ2v) is 6.54. The fourth-order valence-corrected chi connectivity index (χ4v) is 3.45. The van der Waals surface area contributed by atoms with Crippen molar-refractivity contribution in [2.75, 3.05) is 32.0 Å². The summed E-state index contributed by atoms with van der Waals surface area (Å²) >= 11 is 1.67. The van der Waals surface area contributed by atoms with E-state index in [1.54, 1.807) is 11.8 Å². The molecule has 1 aliphatic rings. The molecule has 0 bridgehead atoms. The minimum Gasteiger partial charge on any atom is -0.373 e. The number of carbonyl (C=O) groups is 1. The molecule has 0 saturated carbocycles. The molecule has 1 aliphatic heterocycles. The molecule has 1 atom stereocenters. The van der Waals surface area contributed by atoms with Gasteiger partial charge in [0.05, 0.1) is 18.5 Å². The van der Waals surface area contributed by atoms with E-state index in [9.17, 15) is 4.79 Å². The van der Waals surface area contributed by atoms with Gasteiger partial charge >= 0.3 is 0 Å². The zero-order valence-electron chi connectivity index (χ0n) is 12.8. The summed E-state index contributed by atoms with van der Waals surface area (Å²) in [6.07, 6.45) is -0.00729. The number of nitrogens with two attached hydrogens (primary N) is 1. The fraction of sp³-hybridized carbons (Fsp3) is 0.562. The van der Waals surface area contributed by atoms with Crippen LogP contribution in [0.5, 0.6) is 0 Å². The Balaban J connectivity index is 1.78. The van der Waals surface area contributed by atoms with Gasteiger partial charge in [0.15, 0.2) is 0 Å². The molecule has 2 N–H and O–H groups in total. The van der Waals surface area contributed by atoms with Crippen molar-refractivity contribution in [3.8, 4) is 0 Å². The van der Waals surface area contributed by atoms with Crippen molar-refractivity contribution in [1.29, 1.82) is 0 Å². The number of hydrogen-bond donors (Lipinski definition) is 1. The molecule has 0 aliphatic carbocycles. The normalized spacial score (nSPS) is 18.8. The van der Waals surface area contributed by atoms with Crippen molar-refractivity contribution in [1.82, 2.24) is 4.90 Å². The summed E-state index contributed by atoms with van der Waals surface area (Å²) in [6, 6.07) is 6.54. The van der Waals surface area contributed by atoms with Gasteiger partial charge in [-0.1, -0.05) is 29.3 Å². The third-order valence-electron chi connectivity index (χ3n) is 3.53. The van der Waals surface area contributed by atoms with Crippen molar-refractivity contribution < 1.29 is 9.53 Å². The Labute approximate surface area is 131 Å². The summed E-state index contributed by atoms with van der Waals surface area (Å²) in [5.41, 5.74) is 9.43. The van der Waals surface area contributed by atoms with E-state index in [0.29, 0.717) is 32.0 Å². The van der Waals surface area contributed by atoms with Crippen molar-refractivity contribution >= 4 is 17.7 Å². The SMILES string of the molecule is Cc1cc(C)cc(CSCC(=O)N2CCO[C@@H](CN)C2)c1. The van der Waals surface area contributed by atoms with Gasteiger partial charge in [-0.05, 0) is 19.4 Å². The zero-order chi connectivity index (χ0) is 15.2. The van der Waals surface area contributed by atoms with Crippen molar-refractivity contribution in [3.63, 3.8) is 0 Å². The van der Waals surface area contributed by atoms with E-state index in [1.165, 1.54) is 16.7 Å². The Kier molecular flexibility index (Phi) is 6.08. The summed E-state index contributed by atoms with van der Waals surface area (Å²) in [7, 11) is 0. The van der Waals surface area contributed by atoms with Crippen LogP contribution < -0.4 is 5.73 Å². The zero-order valence-corrected chi connectivity index (χ0v) is 13.6. The molecule has 2 rings (SSSR count). The molecule has 4 nitrogen and oxygen atoms in total. The van der Waals surface area contributed by atoms with Crippen LogP contribution in [0, 0.1) is 13.8 Å². The van der Waals surface area contributed by atoms with E-state index in [-0.39, 0.29) is 12.0 Å². The molecule has 0 radical (unpaired) electrons. The molecule has 1 saturated heterocycles. The number of morpholine rings is 1. The van der Waals surface area contributed by atoms with Gasteiger partial charge < -0.3 is 15.4 Å². The van der Waals surface area contributed by atoms with Crippen molar-refractivity contribution in [3.05, 3.63) is 34.9 Å². The number of hydrogen-bond acceptors (Lipinski definition) is 4. The third-order valence-corrected chi connectivity index (χ3v) is 4.52. The largest absolute Gasteiger partial charge is 0.373 e. The van der Waals surface area contributed by atoms with E-state index in [4.69, 9.17) is 10.5 Å². The lowest BCUT2D eigenvalue weighted by Crippen LogP contribution is -2.48. The van der Waals surface area contributed by atoms with Crippen LogP contribution in [-0.2, 0) is 15.3 Å². The second-order valence-electron chi connectivity index (χ2n) is 5.56. The molecule has 5 heteroatoms. The van der Waals surface area contributed by atoms with Gasteiger partial charge in [0.2, 0.25) is 5.91 Å². The lowest BCUT2D eigenvalue weighted by Gasteiger charge is -2.32. The highest BCUT2D eigenvalue weighted by molar-refractivity contribution is 7.99. The summed E-state index contributed by atoms with van der Waals surface area (Å²) in [6.45, 7) is 6.58. The van der Waals surface area contributed by atoms with Gasteiger partial charge in [-0.15, -0.1) is 11.8 Å². The quantitative estimate of drug-likeness (QED) is 0.900.